The molecule has 1 atom stereocenters. The maximum absolute atomic E-state index is 9.44. The summed E-state index contributed by atoms with van der Waals surface area (Å²) in [5.74, 6) is 0. The van der Waals surface area contributed by atoms with Gasteiger partial charge in [0.15, 0.2) is 0 Å². The van der Waals surface area contributed by atoms with E-state index in [4.69, 9.17) is 9.84 Å². The first-order valence-corrected chi connectivity index (χ1v) is 6.20. The van der Waals surface area contributed by atoms with E-state index in [-0.39, 0.29) is 18.6 Å². The van der Waals surface area contributed by atoms with Crippen LogP contribution in [0.4, 0.5) is 0 Å². The van der Waals surface area contributed by atoms with Crippen molar-refractivity contribution in [2.75, 3.05) is 46.6 Å². The molecule has 1 aliphatic heterocycles. The Morgan fingerprint density at radius 3 is 2.62 bits per heavy atom. The van der Waals surface area contributed by atoms with Gasteiger partial charge in [-0.2, -0.15) is 0 Å². The molecule has 2 N–H and O–H groups in total. The van der Waals surface area contributed by atoms with Gasteiger partial charge < -0.3 is 19.8 Å². The molecule has 0 aromatic rings. The number of aliphatic hydroxyl groups excluding tert-OH is 2. The van der Waals surface area contributed by atoms with Crippen LogP contribution in [-0.4, -0.2) is 61.7 Å². The van der Waals surface area contributed by atoms with Gasteiger partial charge in [-0.1, -0.05) is 0 Å². The molecule has 0 aliphatic carbocycles. The van der Waals surface area contributed by atoms with Crippen molar-refractivity contribution in [3.8, 4) is 0 Å². The Balaban J connectivity index is 2.18. The highest BCUT2D eigenvalue weighted by atomic mass is 16.5. The number of aliphatic hydroxyl groups is 2. The molecule has 0 aromatic heterocycles. The second-order valence-electron chi connectivity index (χ2n) is 4.98. The summed E-state index contributed by atoms with van der Waals surface area (Å²) in [6, 6.07) is 0. The van der Waals surface area contributed by atoms with E-state index >= 15 is 0 Å². The Kier molecular flexibility index (Phi) is 6.28. The fourth-order valence-corrected chi connectivity index (χ4v) is 2.27. The predicted octanol–water partition coefficient (Wildman–Crippen LogP) is 0.480. The Hall–Kier alpha value is -0.160. The van der Waals surface area contributed by atoms with Crippen molar-refractivity contribution >= 4 is 0 Å². The van der Waals surface area contributed by atoms with Crippen LogP contribution in [0.1, 0.15) is 25.7 Å². The van der Waals surface area contributed by atoms with Crippen molar-refractivity contribution in [2.45, 2.75) is 25.7 Å². The largest absolute Gasteiger partial charge is 0.396 e. The SMILES string of the molecule is CN(CCCCCO)CC1(CO)CCOC1. The molecule has 1 fully saturated rings. The Morgan fingerprint density at radius 2 is 2.06 bits per heavy atom. The van der Waals surface area contributed by atoms with Gasteiger partial charge in [0.05, 0.1) is 13.2 Å². The minimum Gasteiger partial charge on any atom is -0.396 e. The van der Waals surface area contributed by atoms with Crippen LogP contribution in [0.15, 0.2) is 0 Å². The molecule has 1 heterocycles. The van der Waals surface area contributed by atoms with Crippen molar-refractivity contribution < 1.29 is 14.9 Å². The molecular weight excluding hydrogens is 206 g/mol. The molecule has 0 aromatic carbocycles. The number of hydrogen-bond donors (Lipinski definition) is 2. The van der Waals surface area contributed by atoms with Crippen LogP contribution >= 0.6 is 0 Å². The third-order valence-electron chi connectivity index (χ3n) is 3.32. The fraction of sp³-hybridized carbons (Fsp3) is 1.00. The highest BCUT2D eigenvalue weighted by Gasteiger charge is 2.35. The lowest BCUT2D eigenvalue weighted by Gasteiger charge is -2.30. The number of hydrogen-bond acceptors (Lipinski definition) is 4. The third-order valence-corrected chi connectivity index (χ3v) is 3.32. The van der Waals surface area contributed by atoms with E-state index in [1.54, 1.807) is 0 Å². The molecule has 4 heteroatoms. The Morgan fingerprint density at radius 1 is 1.25 bits per heavy atom. The van der Waals surface area contributed by atoms with Crippen LogP contribution in [0, 0.1) is 5.41 Å². The molecule has 0 radical (unpaired) electrons. The zero-order chi connectivity index (χ0) is 11.9. The molecule has 0 bridgehead atoms. The van der Waals surface area contributed by atoms with E-state index in [9.17, 15) is 5.11 Å². The molecule has 1 unspecified atom stereocenters. The molecule has 1 saturated heterocycles. The van der Waals surface area contributed by atoms with Crippen molar-refractivity contribution in [1.29, 1.82) is 0 Å². The molecular formula is C12H25NO3. The lowest BCUT2D eigenvalue weighted by Crippen LogP contribution is -2.39. The van der Waals surface area contributed by atoms with Crippen molar-refractivity contribution in [3.05, 3.63) is 0 Å². The second-order valence-corrected chi connectivity index (χ2v) is 4.98. The normalized spacial score (nSPS) is 25.5. The quantitative estimate of drug-likeness (QED) is 0.597. The molecule has 4 nitrogen and oxygen atoms in total. The summed E-state index contributed by atoms with van der Waals surface area (Å²) in [4.78, 5) is 2.27. The summed E-state index contributed by atoms with van der Waals surface area (Å²) in [6.45, 7) is 3.90. The van der Waals surface area contributed by atoms with E-state index in [1.807, 2.05) is 0 Å². The zero-order valence-corrected chi connectivity index (χ0v) is 10.3. The lowest BCUT2D eigenvalue weighted by molar-refractivity contribution is 0.0639. The molecule has 1 rings (SSSR count). The van der Waals surface area contributed by atoms with Crippen LogP contribution in [0.25, 0.3) is 0 Å². The molecule has 96 valence electrons. The minimum absolute atomic E-state index is 0.0360. The number of unbranched alkanes of at least 4 members (excludes halogenated alkanes) is 2. The number of ether oxygens (including phenoxy) is 1. The van der Waals surface area contributed by atoms with Gasteiger partial charge in [-0.3, -0.25) is 0 Å². The van der Waals surface area contributed by atoms with E-state index in [0.717, 1.165) is 45.4 Å². The van der Waals surface area contributed by atoms with Gasteiger partial charge in [0.1, 0.15) is 0 Å². The first-order chi connectivity index (χ1) is 7.72. The van der Waals surface area contributed by atoms with E-state index in [0.29, 0.717) is 6.61 Å². The first-order valence-electron chi connectivity index (χ1n) is 6.20. The van der Waals surface area contributed by atoms with E-state index < -0.39 is 0 Å². The van der Waals surface area contributed by atoms with Crippen LogP contribution in [0.5, 0.6) is 0 Å². The average molecular weight is 231 g/mol. The van der Waals surface area contributed by atoms with Gasteiger partial charge in [-0.15, -0.1) is 0 Å². The second kappa shape index (κ2) is 7.22. The Bertz CT molecular complexity index is 181. The summed E-state index contributed by atoms with van der Waals surface area (Å²) in [7, 11) is 2.09. The van der Waals surface area contributed by atoms with Gasteiger partial charge in [-0.05, 0) is 39.3 Å². The molecule has 0 saturated carbocycles. The summed E-state index contributed by atoms with van der Waals surface area (Å²) in [6.07, 6.45) is 4.04. The highest BCUT2D eigenvalue weighted by Crippen LogP contribution is 2.28. The standard InChI is InChI=1S/C12H25NO3/c1-13(6-3-2-4-7-14)9-12(10-15)5-8-16-11-12/h14-15H,2-11H2,1H3. The van der Waals surface area contributed by atoms with Gasteiger partial charge in [-0.25, -0.2) is 0 Å². The lowest BCUT2D eigenvalue weighted by atomic mass is 9.88. The van der Waals surface area contributed by atoms with Crippen molar-refractivity contribution in [3.63, 3.8) is 0 Å². The van der Waals surface area contributed by atoms with Crippen LogP contribution < -0.4 is 0 Å². The van der Waals surface area contributed by atoms with Gasteiger partial charge in [0, 0.05) is 25.2 Å². The van der Waals surface area contributed by atoms with E-state index in [2.05, 4.69) is 11.9 Å². The van der Waals surface area contributed by atoms with Crippen LogP contribution in [-0.2, 0) is 4.74 Å². The van der Waals surface area contributed by atoms with Crippen LogP contribution in [0.2, 0.25) is 0 Å². The average Bonchev–Trinajstić information content (AvgIpc) is 2.74. The number of nitrogens with zero attached hydrogens (tertiary/aromatic N) is 1. The van der Waals surface area contributed by atoms with Gasteiger partial charge >= 0.3 is 0 Å². The van der Waals surface area contributed by atoms with Crippen molar-refractivity contribution in [2.24, 2.45) is 5.41 Å². The number of rotatable bonds is 8. The fourth-order valence-electron chi connectivity index (χ4n) is 2.27. The Labute approximate surface area is 98.2 Å². The summed E-state index contributed by atoms with van der Waals surface area (Å²) < 4.78 is 5.38. The first kappa shape index (κ1) is 13.9. The zero-order valence-electron chi connectivity index (χ0n) is 10.3. The smallest absolute Gasteiger partial charge is 0.0557 e. The maximum atomic E-state index is 9.44. The monoisotopic (exact) mass is 231 g/mol. The summed E-state index contributed by atoms with van der Waals surface area (Å²) in [5, 5.41) is 18.1. The summed E-state index contributed by atoms with van der Waals surface area (Å²) in [5.41, 5.74) is -0.0360. The summed E-state index contributed by atoms with van der Waals surface area (Å²) >= 11 is 0. The maximum Gasteiger partial charge on any atom is 0.0557 e. The molecule has 16 heavy (non-hydrogen) atoms. The highest BCUT2D eigenvalue weighted by molar-refractivity contribution is 4.85. The van der Waals surface area contributed by atoms with E-state index in [1.165, 1.54) is 0 Å². The van der Waals surface area contributed by atoms with Gasteiger partial charge in [0.2, 0.25) is 0 Å². The van der Waals surface area contributed by atoms with Crippen molar-refractivity contribution in [1.82, 2.24) is 4.90 Å². The molecule has 0 amide bonds. The molecule has 0 spiro atoms. The minimum atomic E-state index is -0.0360. The van der Waals surface area contributed by atoms with Crippen LogP contribution in [0.3, 0.4) is 0 Å². The van der Waals surface area contributed by atoms with Gasteiger partial charge in [0.25, 0.3) is 0 Å². The predicted molar refractivity (Wildman–Crippen MR) is 63.4 cm³/mol. The molecule has 1 aliphatic rings. The third kappa shape index (κ3) is 4.37. The topological polar surface area (TPSA) is 52.9 Å².